The van der Waals surface area contributed by atoms with Crippen LogP contribution in [0.25, 0.3) is 17.0 Å². The van der Waals surface area contributed by atoms with Gasteiger partial charge in [0.25, 0.3) is 0 Å². The van der Waals surface area contributed by atoms with Crippen molar-refractivity contribution >= 4 is 23.2 Å². The number of carbonyl (C=O) groups is 1. The number of fused-ring (bicyclic) bond motifs is 1. The van der Waals surface area contributed by atoms with Gasteiger partial charge < -0.3 is 9.47 Å². The number of H-pyrrole nitrogens is 1. The van der Waals surface area contributed by atoms with Gasteiger partial charge in [0.15, 0.2) is 11.5 Å². The molecule has 0 unspecified atom stereocenters. The summed E-state index contributed by atoms with van der Waals surface area (Å²) in [5, 5.41) is 8.24. The Balaban J connectivity index is 1.76. The predicted octanol–water partition coefficient (Wildman–Crippen LogP) is 3.62. The molecule has 0 aliphatic carbocycles. The van der Waals surface area contributed by atoms with E-state index in [-0.39, 0.29) is 24.4 Å². The molecule has 0 bridgehead atoms. The molecule has 138 valence electrons. The van der Waals surface area contributed by atoms with Gasteiger partial charge in [0.1, 0.15) is 10.8 Å². The normalized spacial score (nSPS) is 11.7. The van der Waals surface area contributed by atoms with Crippen molar-refractivity contribution in [1.29, 1.82) is 0 Å². The highest BCUT2D eigenvalue weighted by molar-refractivity contribution is 6.34. The summed E-state index contributed by atoms with van der Waals surface area (Å²) in [6, 6.07) is 7.34. The number of benzene rings is 1. The number of nitrogens with one attached hydrogen (secondary N) is 1. The van der Waals surface area contributed by atoms with E-state index in [2.05, 4.69) is 40.7 Å². The molecule has 7 nitrogen and oxygen atoms in total. The smallest absolute Gasteiger partial charge is 0.308 e. The molecular weight excluding hydrogens is 356 g/mol. The van der Waals surface area contributed by atoms with E-state index >= 15 is 0 Å². The van der Waals surface area contributed by atoms with Gasteiger partial charge >= 0.3 is 5.97 Å². The summed E-state index contributed by atoms with van der Waals surface area (Å²) < 4.78 is 11.7. The summed E-state index contributed by atoms with van der Waals surface area (Å²) in [5.74, 6) is 0.931. The van der Waals surface area contributed by atoms with Crippen molar-refractivity contribution in [1.82, 2.24) is 19.8 Å². The van der Waals surface area contributed by atoms with Crippen molar-refractivity contribution in [2.24, 2.45) is 0 Å². The average Bonchev–Trinajstić information content (AvgIpc) is 3.15. The second-order valence-electron chi connectivity index (χ2n) is 6.92. The molecule has 0 aliphatic heterocycles. The first-order chi connectivity index (χ1) is 12.3. The Morgan fingerprint density at radius 1 is 1.27 bits per heavy atom. The summed E-state index contributed by atoms with van der Waals surface area (Å²) in [7, 11) is 1.35. The Morgan fingerprint density at radius 3 is 2.54 bits per heavy atom. The van der Waals surface area contributed by atoms with Crippen LogP contribution in [-0.4, -0.2) is 39.5 Å². The molecule has 0 fully saturated rings. The first-order valence-electron chi connectivity index (χ1n) is 8.24. The standard InChI is InChI=1S/C18H21ClN4O3/c1-18(2,3)15-14(19)17-20-16(22-23(17)21-15)11-5-7-12(8-6-11)26-10-9-13(24)25-4/h5-8,21H,9-10H2,1-4H3. The maximum atomic E-state index is 11.1. The quantitative estimate of drug-likeness (QED) is 0.688. The number of halogens is 1. The lowest BCUT2D eigenvalue weighted by molar-refractivity contribution is -0.141. The largest absolute Gasteiger partial charge is 0.493 e. The second-order valence-corrected chi connectivity index (χ2v) is 7.30. The third kappa shape index (κ3) is 3.67. The molecule has 8 heteroatoms. The summed E-state index contributed by atoms with van der Waals surface area (Å²) in [5.41, 5.74) is 2.22. The van der Waals surface area contributed by atoms with Crippen molar-refractivity contribution in [2.75, 3.05) is 13.7 Å². The van der Waals surface area contributed by atoms with Gasteiger partial charge in [-0.1, -0.05) is 32.4 Å². The first-order valence-corrected chi connectivity index (χ1v) is 8.62. The minimum Gasteiger partial charge on any atom is -0.493 e. The number of ether oxygens (including phenoxy) is 2. The Bertz CT molecular complexity index is 922. The number of rotatable bonds is 5. The molecule has 0 amide bonds. The minimum atomic E-state index is -0.301. The molecule has 3 rings (SSSR count). The number of aromatic nitrogens is 4. The van der Waals surface area contributed by atoms with Crippen LogP contribution >= 0.6 is 11.6 Å². The lowest BCUT2D eigenvalue weighted by Crippen LogP contribution is -2.12. The molecule has 0 aliphatic rings. The predicted molar refractivity (Wildman–Crippen MR) is 98.6 cm³/mol. The first kappa shape index (κ1) is 18.3. The molecule has 26 heavy (non-hydrogen) atoms. The Hall–Kier alpha value is -2.54. The highest BCUT2D eigenvalue weighted by atomic mass is 35.5. The van der Waals surface area contributed by atoms with E-state index < -0.39 is 0 Å². The zero-order chi connectivity index (χ0) is 18.9. The lowest BCUT2D eigenvalue weighted by atomic mass is 9.92. The summed E-state index contributed by atoms with van der Waals surface area (Å²) in [6.07, 6.45) is 0.209. The fraction of sp³-hybridized carbons (Fsp3) is 0.389. The summed E-state index contributed by atoms with van der Waals surface area (Å²) in [6.45, 7) is 6.49. The van der Waals surface area contributed by atoms with Crippen LogP contribution in [0.3, 0.4) is 0 Å². The Kier molecular flexibility index (Phi) is 4.91. The molecule has 0 atom stereocenters. The zero-order valence-electron chi connectivity index (χ0n) is 15.2. The van der Waals surface area contributed by atoms with E-state index in [1.165, 1.54) is 7.11 Å². The van der Waals surface area contributed by atoms with E-state index in [1.807, 2.05) is 24.3 Å². The van der Waals surface area contributed by atoms with E-state index in [0.29, 0.717) is 22.2 Å². The monoisotopic (exact) mass is 376 g/mol. The average molecular weight is 377 g/mol. The topological polar surface area (TPSA) is 81.5 Å². The number of hydrogen-bond acceptors (Lipinski definition) is 5. The number of aromatic amines is 1. The fourth-order valence-corrected chi connectivity index (χ4v) is 2.92. The van der Waals surface area contributed by atoms with E-state index in [1.54, 1.807) is 4.63 Å². The lowest BCUT2D eigenvalue weighted by Gasteiger charge is -2.16. The number of esters is 1. The van der Waals surface area contributed by atoms with Crippen LogP contribution in [0.15, 0.2) is 24.3 Å². The Labute approximate surface area is 156 Å². The molecule has 0 saturated carbocycles. The molecule has 1 aromatic carbocycles. The molecule has 0 radical (unpaired) electrons. The molecule has 2 aromatic heterocycles. The van der Waals surface area contributed by atoms with Crippen LogP contribution in [0.1, 0.15) is 32.9 Å². The second kappa shape index (κ2) is 6.99. The van der Waals surface area contributed by atoms with E-state index in [0.717, 1.165) is 11.3 Å². The van der Waals surface area contributed by atoms with Gasteiger partial charge in [0, 0.05) is 11.0 Å². The third-order valence-electron chi connectivity index (χ3n) is 3.91. The Morgan fingerprint density at radius 2 is 1.96 bits per heavy atom. The SMILES string of the molecule is COC(=O)CCOc1ccc(-c2nc3c(Cl)c(C(C)(C)C)[nH]n3n2)cc1. The van der Waals surface area contributed by atoms with Gasteiger partial charge in [-0.3, -0.25) is 9.89 Å². The molecular formula is C18H21ClN4O3. The third-order valence-corrected chi connectivity index (χ3v) is 4.26. The van der Waals surface area contributed by atoms with E-state index in [4.69, 9.17) is 16.3 Å². The van der Waals surface area contributed by atoms with Gasteiger partial charge in [-0.05, 0) is 24.3 Å². The molecule has 3 aromatic rings. The van der Waals surface area contributed by atoms with Crippen molar-refractivity contribution in [3.05, 3.63) is 35.0 Å². The van der Waals surface area contributed by atoms with E-state index in [9.17, 15) is 4.79 Å². The minimum absolute atomic E-state index is 0.122. The number of methoxy groups -OCH3 is 1. The molecule has 1 N–H and O–H groups in total. The molecule has 2 heterocycles. The van der Waals surface area contributed by atoms with Gasteiger partial charge in [0.05, 0.1) is 25.8 Å². The molecule has 0 spiro atoms. The number of hydrogen-bond donors (Lipinski definition) is 1. The van der Waals surface area contributed by atoms with Gasteiger partial charge in [-0.25, -0.2) is 4.98 Å². The van der Waals surface area contributed by atoms with Crippen molar-refractivity contribution in [3.8, 4) is 17.1 Å². The number of carbonyl (C=O) groups excluding carboxylic acids is 1. The zero-order valence-corrected chi connectivity index (χ0v) is 15.9. The van der Waals surface area contributed by atoms with Crippen LogP contribution in [0.4, 0.5) is 0 Å². The van der Waals surface area contributed by atoms with Gasteiger partial charge in [0.2, 0.25) is 0 Å². The number of nitrogens with zero attached hydrogens (tertiary/aromatic N) is 3. The maximum Gasteiger partial charge on any atom is 0.308 e. The highest BCUT2D eigenvalue weighted by Gasteiger charge is 2.24. The van der Waals surface area contributed by atoms with Crippen molar-refractivity contribution < 1.29 is 14.3 Å². The maximum absolute atomic E-state index is 11.1. The summed E-state index contributed by atoms with van der Waals surface area (Å²) in [4.78, 5) is 15.6. The van der Waals surface area contributed by atoms with Crippen LogP contribution in [0.2, 0.25) is 5.02 Å². The van der Waals surface area contributed by atoms with Crippen LogP contribution < -0.4 is 4.74 Å². The van der Waals surface area contributed by atoms with Crippen molar-refractivity contribution in [3.63, 3.8) is 0 Å². The van der Waals surface area contributed by atoms with Crippen LogP contribution in [-0.2, 0) is 14.9 Å². The summed E-state index contributed by atoms with van der Waals surface area (Å²) >= 11 is 6.45. The van der Waals surface area contributed by atoms with Crippen LogP contribution in [0, 0.1) is 0 Å². The molecule has 0 saturated heterocycles. The highest BCUT2D eigenvalue weighted by Crippen LogP contribution is 2.31. The van der Waals surface area contributed by atoms with Gasteiger partial charge in [-0.15, -0.1) is 5.10 Å². The van der Waals surface area contributed by atoms with Crippen molar-refractivity contribution in [2.45, 2.75) is 32.6 Å². The fourth-order valence-electron chi connectivity index (χ4n) is 2.47. The van der Waals surface area contributed by atoms with Gasteiger partial charge in [-0.2, -0.15) is 4.63 Å². The van der Waals surface area contributed by atoms with Crippen LogP contribution in [0.5, 0.6) is 5.75 Å².